The van der Waals surface area contributed by atoms with E-state index < -0.39 is 0 Å². The standard InChI is InChI=1S/C14H20O2/c1-12(14(15)16-2)8-6-7-11-13-9-4-3-5-10-13/h3-5,9-10,12H,6-8,11H2,1-2H3. The first-order valence-electron chi connectivity index (χ1n) is 5.86. The summed E-state index contributed by atoms with van der Waals surface area (Å²) in [5, 5.41) is 0. The molecule has 0 amide bonds. The van der Waals surface area contributed by atoms with E-state index in [1.165, 1.54) is 12.7 Å². The molecule has 1 rings (SSSR count). The van der Waals surface area contributed by atoms with Crippen LogP contribution in [0.25, 0.3) is 0 Å². The number of methoxy groups -OCH3 is 1. The first-order chi connectivity index (χ1) is 7.74. The monoisotopic (exact) mass is 220 g/mol. The maximum absolute atomic E-state index is 11.2. The molecule has 88 valence electrons. The van der Waals surface area contributed by atoms with Crippen LogP contribution in [-0.4, -0.2) is 13.1 Å². The van der Waals surface area contributed by atoms with Gasteiger partial charge in [-0.2, -0.15) is 0 Å². The lowest BCUT2D eigenvalue weighted by Gasteiger charge is -2.08. The summed E-state index contributed by atoms with van der Waals surface area (Å²) < 4.78 is 4.69. The number of aryl methyl sites for hydroxylation is 1. The van der Waals surface area contributed by atoms with Crippen LogP contribution in [0.5, 0.6) is 0 Å². The fourth-order valence-electron chi connectivity index (χ4n) is 1.74. The lowest BCUT2D eigenvalue weighted by atomic mass is 10.0. The van der Waals surface area contributed by atoms with Gasteiger partial charge < -0.3 is 4.74 Å². The Morgan fingerprint density at radius 2 is 1.94 bits per heavy atom. The van der Waals surface area contributed by atoms with Crippen LogP contribution in [-0.2, 0) is 16.0 Å². The molecule has 16 heavy (non-hydrogen) atoms. The number of hydrogen-bond acceptors (Lipinski definition) is 2. The molecule has 0 heterocycles. The molecule has 0 aliphatic rings. The van der Waals surface area contributed by atoms with Crippen molar-refractivity contribution >= 4 is 5.97 Å². The molecule has 1 atom stereocenters. The van der Waals surface area contributed by atoms with Gasteiger partial charge in [-0.25, -0.2) is 0 Å². The Kier molecular flexibility index (Phi) is 5.62. The summed E-state index contributed by atoms with van der Waals surface area (Å²) in [5.74, 6) is -0.0690. The molecule has 0 fully saturated rings. The quantitative estimate of drug-likeness (QED) is 0.543. The van der Waals surface area contributed by atoms with Crippen molar-refractivity contribution in [3.63, 3.8) is 0 Å². The van der Waals surface area contributed by atoms with Gasteiger partial charge in [-0.15, -0.1) is 0 Å². The summed E-state index contributed by atoms with van der Waals surface area (Å²) in [6.07, 6.45) is 4.21. The van der Waals surface area contributed by atoms with Gasteiger partial charge in [-0.3, -0.25) is 4.79 Å². The Morgan fingerprint density at radius 1 is 1.25 bits per heavy atom. The first-order valence-corrected chi connectivity index (χ1v) is 5.86. The van der Waals surface area contributed by atoms with Crippen molar-refractivity contribution in [2.75, 3.05) is 7.11 Å². The largest absolute Gasteiger partial charge is 0.469 e. The molecule has 0 bridgehead atoms. The van der Waals surface area contributed by atoms with Crippen LogP contribution in [0.4, 0.5) is 0 Å². The number of carbonyl (C=O) groups is 1. The van der Waals surface area contributed by atoms with E-state index in [1.807, 2.05) is 13.0 Å². The van der Waals surface area contributed by atoms with Crippen LogP contribution in [0.1, 0.15) is 31.7 Å². The van der Waals surface area contributed by atoms with Gasteiger partial charge in [0.15, 0.2) is 0 Å². The average Bonchev–Trinajstić information content (AvgIpc) is 2.34. The van der Waals surface area contributed by atoms with Gasteiger partial charge in [0, 0.05) is 0 Å². The second kappa shape index (κ2) is 7.04. The Hall–Kier alpha value is -1.31. The van der Waals surface area contributed by atoms with Crippen molar-refractivity contribution in [1.82, 2.24) is 0 Å². The molecule has 2 nitrogen and oxygen atoms in total. The lowest BCUT2D eigenvalue weighted by Crippen LogP contribution is -2.12. The fraction of sp³-hybridized carbons (Fsp3) is 0.500. The minimum absolute atomic E-state index is 0.0285. The topological polar surface area (TPSA) is 26.3 Å². The van der Waals surface area contributed by atoms with Crippen LogP contribution >= 0.6 is 0 Å². The van der Waals surface area contributed by atoms with E-state index in [-0.39, 0.29) is 11.9 Å². The number of esters is 1. The van der Waals surface area contributed by atoms with Gasteiger partial charge in [-0.05, 0) is 24.8 Å². The Morgan fingerprint density at radius 3 is 2.56 bits per heavy atom. The van der Waals surface area contributed by atoms with Gasteiger partial charge in [0.2, 0.25) is 0 Å². The van der Waals surface area contributed by atoms with E-state index in [9.17, 15) is 4.79 Å². The van der Waals surface area contributed by atoms with E-state index in [2.05, 4.69) is 29.0 Å². The van der Waals surface area contributed by atoms with Crippen LogP contribution < -0.4 is 0 Å². The highest BCUT2D eigenvalue weighted by Crippen LogP contribution is 2.12. The summed E-state index contributed by atoms with van der Waals surface area (Å²) in [5.41, 5.74) is 1.37. The maximum Gasteiger partial charge on any atom is 0.308 e. The summed E-state index contributed by atoms with van der Waals surface area (Å²) in [6, 6.07) is 10.4. The zero-order valence-electron chi connectivity index (χ0n) is 10.1. The molecule has 0 spiro atoms. The molecule has 0 saturated heterocycles. The summed E-state index contributed by atoms with van der Waals surface area (Å²) in [6.45, 7) is 1.92. The third kappa shape index (κ3) is 4.47. The van der Waals surface area contributed by atoms with Crippen molar-refractivity contribution in [2.45, 2.75) is 32.6 Å². The number of unbranched alkanes of at least 4 members (excludes halogenated alkanes) is 1. The zero-order valence-corrected chi connectivity index (χ0v) is 10.1. The third-order valence-electron chi connectivity index (χ3n) is 2.80. The average molecular weight is 220 g/mol. The fourth-order valence-corrected chi connectivity index (χ4v) is 1.74. The van der Waals surface area contributed by atoms with Crippen molar-refractivity contribution < 1.29 is 9.53 Å². The molecular weight excluding hydrogens is 200 g/mol. The van der Waals surface area contributed by atoms with Crippen LogP contribution in [0.15, 0.2) is 30.3 Å². The molecule has 0 aliphatic carbocycles. The molecule has 0 N–H and O–H groups in total. The summed E-state index contributed by atoms with van der Waals surface area (Å²) >= 11 is 0. The summed E-state index contributed by atoms with van der Waals surface area (Å²) in [4.78, 5) is 11.2. The van der Waals surface area contributed by atoms with E-state index in [1.54, 1.807) is 0 Å². The molecule has 2 heteroatoms. The molecule has 0 saturated carbocycles. The lowest BCUT2D eigenvalue weighted by molar-refractivity contribution is -0.145. The first kappa shape index (κ1) is 12.8. The minimum Gasteiger partial charge on any atom is -0.469 e. The van der Waals surface area contributed by atoms with Crippen molar-refractivity contribution in [3.05, 3.63) is 35.9 Å². The number of carbonyl (C=O) groups excluding carboxylic acids is 1. The molecular formula is C14H20O2. The van der Waals surface area contributed by atoms with E-state index >= 15 is 0 Å². The van der Waals surface area contributed by atoms with Crippen molar-refractivity contribution in [2.24, 2.45) is 5.92 Å². The number of hydrogen-bond donors (Lipinski definition) is 0. The predicted octanol–water partition coefficient (Wildman–Crippen LogP) is 3.21. The Labute approximate surface area is 97.6 Å². The molecule has 0 aromatic heterocycles. The van der Waals surface area contributed by atoms with E-state index in [0.717, 1.165) is 25.7 Å². The Balaban J connectivity index is 2.15. The van der Waals surface area contributed by atoms with E-state index in [4.69, 9.17) is 0 Å². The SMILES string of the molecule is COC(=O)C(C)CCCCc1ccccc1. The van der Waals surface area contributed by atoms with Crippen molar-refractivity contribution in [1.29, 1.82) is 0 Å². The van der Waals surface area contributed by atoms with Gasteiger partial charge >= 0.3 is 5.97 Å². The van der Waals surface area contributed by atoms with E-state index in [0.29, 0.717) is 0 Å². The molecule has 0 radical (unpaired) electrons. The molecule has 1 aromatic carbocycles. The molecule has 0 aliphatic heterocycles. The third-order valence-corrected chi connectivity index (χ3v) is 2.80. The Bertz CT molecular complexity index is 306. The highest BCUT2D eigenvalue weighted by atomic mass is 16.5. The maximum atomic E-state index is 11.2. The van der Waals surface area contributed by atoms with Gasteiger partial charge in [0.1, 0.15) is 0 Å². The predicted molar refractivity (Wildman–Crippen MR) is 65.2 cm³/mol. The van der Waals surface area contributed by atoms with Crippen LogP contribution in [0, 0.1) is 5.92 Å². The molecule has 1 aromatic rings. The van der Waals surface area contributed by atoms with Crippen molar-refractivity contribution in [3.8, 4) is 0 Å². The van der Waals surface area contributed by atoms with Gasteiger partial charge in [0.05, 0.1) is 13.0 Å². The summed E-state index contributed by atoms with van der Waals surface area (Å²) in [7, 11) is 1.45. The highest BCUT2D eigenvalue weighted by Gasteiger charge is 2.11. The second-order valence-corrected chi connectivity index (χ2v) is 4.16. The number of rotatable bonds is 6. The molecule has 1 unspecified atom stereocenters. The van der Waals surface area contributed by atoms with Gasteiger partial charge in [0.25, 0.3) is 0 Å². The number of benzene rings is 1. The smallest absolute Gasteiger partial charge is 0.308 e. The number of ether oxygens (including phenoxy) is 1. The van der Waals surface area contributed by atoms with Crippen LogP contribution in [0.3, 0.4) is 0 Å². The van der Waals surface area contributed by atoms with Crippen LogP contribution in [0.2, 0.25) is 0 Å². The van der Waals surface area contributed by atoms with Gasteiger partial charge in [-0.1, -0.05) is 43.7 Å². The minimum atomic E-state index is -0.0975. The zero-order chi connectivity index (χ0) is 11.8. The second-order valence-electron chi connectivity index (χ2n) is 4.16. The highest BCUT2D eigenvalue weighted by molar-refractivity contribution is 5.71. The normalized spacial score (nSPS) is 12.1.